The van der Waals surface area contributed by atoms with Crippen LogP contribution in [0.3, 0.4) is 0 Å². The Labute approximate surface area is 115 Å². The smallest absolute Gasteiger partial charge is 0.333 e. The van der Waals surface area contributed by atoms with Crippen molar-refractivity contribution in [3.8, 4) is 0 Å². The number of rotatable bonds is 3. The van der Waals surface area contributed by atoms with E-state index in [4.69, 9.17) is 4.74 Å². The van der Waals surface area contributed by atoms with Crippen LogP contribution in [0.1, 0.15) is 45.4 Å². The highest BCUT2D eigenvalue weighted by atomic mass is 16.5. The zero-order chi connectivity index (χ0) is 14.0. The number of allylic oxidation sites excluding steroid dienone is 1. The van der Waals surface area contributed by atoms with Crippen LogP contribution in [0.25, 0.3) is 0 Å². The second kappa shape index (κ2) is 5.49. The van der Waals surface area contributed by atoms with Gasteiger partial charge in [-0.25, -0.2) is 4.79 Å². The van der Waals surface area contributed by atoms with Crippen LogP contribution >= 0.6 is 0 Å². The third kappa shape index (κ3) is 2.62. The molecule has 1 N–H and O–H groups in total. The van der Waals surface area contributed by atoms with E-state index in [0.29, 0.717) is 5.57 Å². The number of ether oxygens (including phenoxy) is 1. The Balaban J connectivity index is 2.22. The number of fused-ring (bicyclic) bond motifs is 1. The predicted molar refractivity (Wildman–Crippen MR) is 74.6 cm³/mol. The monoisotopic (exact) mass is 264 g/mol. The van der Waals surface area contributed by atoms with Crippen molar-refractivity contribution >= 4 is 5.97 Å². The summed E-state index contributed by atoms with van der Waals surface area (Å²) in [5.41, 5.74) is 3.38. The summed E-state index contributed by atoms with van der Waals surface area (Å²) in [5.74, 6) is -0.120. The number of esters is 1. The Morgan fingerprint density at radius 2 is 2.26 bits per heavy atom. The van der Waals surface area contributed by atoms with E-state index in [0.717, 1.165) is 25.7 Å². The van der Waals surface area contributed by atoms with Gasteiger partial charge in [0.15, 0.2) is 0 Å². The molecule has 1 saturated carbocycles. The summed E-state index contributed by atoms with van der Waals surface area (Å²) in [7, 11) is 1.40. The number of methoxy groups -OCH3 is 1. The quantitative estimate of drug-likeness (QED) is 0.484. The van der Waals surface area contributed by atoms with Crippen LogP contribution in [-0.2, 0) is 9.53 Å². The molecule has 1 fully saturated rings. The van der Waals surface area contributed by atoms with Gasteiger partial charge in [0.25, 0.3) is 0 Å². The minimum Gasteiger partial charge on any atom is -0.466 e. The van der Waals surface area contributed by atoms with Gasteiger partial charge in [0.05, 0.1) is 13.7 Å². The minimum atomic E-state index is -0.296. The maximum Gasteiger partial charge on any atom is 0.333 e. The molecule has 106 valence electrons. The summed E-state index contributed by atoms with van der Waals surface area (Å²) in [6.07, 6.45) is 6.29. The van der Waals surface area contributed by atoms with Crippen molar-refractivity contribution in [2.45, 2.75) is 45.4 Å². The molecule has 2 atom stereocenters. The topological polar surface area (TPSA) is 46.5 Å². The summed E-state index contributed by atoms with van der Waals surface area (Å²) < 4.78 is 4.78. The number of hydrogen-bond acceptors (Lipinski definition) is 3. The highest BCUT2D eigenvalue weighted by Gasteiger charge is 2.40. The average molecular weight is 264 g/mol. The predicted octanol–water partition coefficient (Wildman–Crippen LogP) is 2.99. The van der Waals surface area contributed by atoms with E-state index in [2.05, 4.69) is 13.5 Å². The molecule has 0 heterocycles. The van der Waals surface area contributed by atoms with E-state index in [9.17, 15) is 9.90 Å². The normalized spacial score (nSPS) is 30.8. The molecule has 2 aliphatic carbocycles. The molecule has 0 aromatic heterocycles. The highest BCUT2D eigenvalue weighted by Crippen LogP contribution is 2.52. The van der Waals surface area contributed by atoms with Crippen LogP contribution in [0.5, 0.6) is 0 Å². The van der Waals surface area contributed by atoms with Gasteiger partial charge in [0.1, 0.15) is 0 Å². The highest BCUT2D eigenvalue weighted by molar-refractivity contribution is 5.88. The molecule has 0 aromatic carbocycles. The first-order chi connectivity index (χ1) is 9.01. The first-order valence-corrected chi connectivity index (χ1v) is 7.11. The fourth-order valence-corrected chi connectivity index (χ4v) is 3.70. The second-order valence-electron chi connectivity index (χ2n) is 6.11. The van der Waals surface area contributed by atoms with Crippen LogP contribution < -0.4 is 0 Å². The van der Waals surface area contributed by atoms with Crippen molar-refractivity contribution in [1.82, 2.24) is 0 Å². The molecular formula is C16H24O3. The van der Waals surface area contributed by atoms with Crippen molar-refractivity contribution < 1.29 is 14.6 Å². The van der Waals surface area contributed by atoms with Gasteiger partial charge in [0.2, 0.25) is 0 Å². The molecule has 2 aliphatic rings. The minimum absolute atomic E-state index is 0.155. The van der Waals surface area contributed by atoms with Crippen LogP contribution in [0.4, 0.5) is 0 Å². The molecule has 0 saturated heterocycles. The molecule has 0 spiro atoms. The van der Waals surface area contributed by atoms with Gasteiger partial charge < -0.3 is 9.84 Å². The molecule has 0 radical (unpaired) electrons. The maximum absolute atomic E-state index is 11.6. The van der Waals surface area contributed by atoms with Crippen molar-refractivity contribution in [3.05, 3.63) is 23.3 Å². The lowest BCUT2D eigenvalue weighted by Crippen LogP contribution is -2.33. The summed E-state index contributed by atoms with van der Waals surface area (Å²) >= 11 is 0. The Kier molecular flexibility index (Phi) is 4.14. The van der Waals surface area contributed by atoms with Gasteiger partial charge in [-0.05, 0) is 55.4 Å². The zero-order valence-electron chi connectivity index (χ0n) is 12.0. The lowest BCUT2D eigenvalue weighted by Gasteiger charge is -2.44. The van der Waals surface area contributed by atoms with Crippen molar-refractivity contribution in [3.63, 3.8) is 0 Å². The van der Waals surface area contributed by atoms with Crippen LogP contribution in [0.15, 0.2) is 23.3 Å². The van der Waals surface area contributed by atoms with E-state index < -0.39 is 0 Å². The van der Waals surface area contributed by atoms with Gasteiger partial charge >= 0.3 is 5.97 Å². The van der Waals surface area contributed by atoms with E-state index >= 15 is 0 Å². The van der Waals surface area contributed by atoms with Gasteiger partial charge in [-0.2, -0.15) is 0 Å². The summed E-state index contributed by atoms with van der Waals surface area (Å²) in [4.78, 5) is 11.6. The first kappa shape index (κ1) is 14.3. The molecule has 0 bridgehead atoms. The zero-order valence-corrected chi connectivity index (χ0v) is 12.0. The third-order valence-corrected chi connectivity index (χ3v) is 4.99. The Morgan fingerprint density at radius 3 is 2.89 bits per heavy atom. The maximum atomic E-state index is 11.6. The van der Waals surface area contributed by atoms with E-state index in [-0.39, 0.29) is 23.9 Å². The van der Waals surface area contributed by atoms with Crippen molar-refractivity contribution in [2.24, 2.45) is 11.3 Å². The number of carbonyl (C=O) groups excluding carboxylic acids is 1. The molecule has 2 rings (SSSR count). The van der Waals surface area contributed by atoms with Crippen LogP contribution in [-0.4, -0.2) is 24.8 Å². The standard InChI is InChI=1S/C16H24O3/c1-11(15(18)19-3)12-6-8-16(2)7-4-5-13(10-17)14(16)9-12/h12,17H,1,4-10H2,2-3H3. The first-order valence-electron chi connectivity index (χ1n) is 7.11. The number of hydrogen-bond donors (Lipinski definition) is 1. The fourth-order valence-electron chi connectivity index (χ4n) is 3.70. The second-order valence-corrected chi connectivity index (χ2v) is 6.11. The lowest BCUT2D eigenvalue weighted by atomic mass is 9.61. The number of aliphatic hydroxyl groups excluding tert-OH is 1. The van der Waals surface area contributed by atoms with E-state index in [1.54, 1.807) is 0 Å². The number of carbonyl (C=O) groups is 1. The van der Waals surface area contributed by atoms with Gasteiger partial charge in [-0.1, -0.05) is 19.1 Å². The molecule has 3 heteroatoms. The summed E-state index contributed by atoms with van der Waals surface area (Å²) in [6, 6.07) is 0. The molecule has 3 nitrogen and oxygen atoms in total. The Morgan fingerprint density at radius 1 is 1.53 bits per heavy atom. The van der Waals surface area contributed by atoms with Gasteiger partial charge in [-0.15, -0.1) is 0 Å². The SMILES string of the molecule is C=C(C(=O)OC)C1CCC2(C)CCCC(CO)=C2C1. The molecule has 2 unspecified atom stereocenters. The lowest BCUT2D eigenvalue weighted by molar-refractivity contribution is -0.136. The Hall–Kier alpha value is -1.09. The van der Waals surface area contributed by atoms with Gasteiger partial charge in [-0.3, -0.25) is 0 Å². The third-order valence-electron chi connectivity index (χ3n) is 4.99. The van der Waals surface area contributed by atoms with Gasteiger partial charge in [0, 0.05) is 5.57 Å². The van der Waals surface area contributed by atoms with Crippen LogP contribution in [0.2, 0.25) is 0 Å². The largest absolute Gasteiger partial charge is 0.466 e. The van der Waals surface area contributed by atoms with Crippen LogP contribution in [0, 0.1) is 11.3 Å². The average Bonchev–Trinajstić information content (AvgIpc) is 2.43. The molecule has 0 aliphatic heterocycles. The van der Waals surface area contributed by atoms with Crippen molar-refractivity contribution in [1.29, 1.82) is 0 Å². The molecular weight excluding hydrogens is 240 g/mol. The molecule has 19 heavy (non-hydrogen) atoms. The summed E-state index contributed by atoms with van der Waals surface area (Å²) in [6.45, 7) is 6.36. The van der Waals surface area contributed by atoms with Crippen molar-refractivity contribution in [2.75, 3.05) is 13.7 Å². The molecule has 0 amide bonds. The van der Waals surface area contributed by atoms with E-state index in [1.165, 1.54) is 31.1 Å². The number of aliphatic hydroxyl groups is 1. The molecule has 0 aromatic rings. The Bertz CT molecular complexity index is 422. The van der Waals surface area contributed by atoms with E-state index in [1.807, 2.05) is 0 Å². The fraction of sp³-hybridized carbons (Fsp3) is 0.688. The summed E-state index contributed by atoms with van der Waals surface area (Å²) in [5, 5.41) is 9.55.